The van der Waals surface area contributed by atoms with Gasteiger partial charge in [-0.1, -0.05) is 24.3 Å². The van der Waals surface area contributed by atoms with E-state index < -0.39 is 5.60 Å². The highest BCUT2D eigenvalue weighted by Crippen LogP contribution is 2.33. The Morgan fingerprint density at radius 2 is 1.79 bits per heavy atom. The third-order valence-corrected chi connectivity index (χ3v) is 6.16. The van der Waals surface area contributed by atoms with Crippen molar-refractivity contribution >= 4 is 11.0 Å². The molecule has 1 aliphatic heterocycles. The van der Waals surface area contributed by atoms with Gasteiger partial charge in [0.15, 0.2) is 0 Å². The van der Waals surface area contributed by atoms with Crippen LogP contribution in [0, 0.1) is 11.3 Å². The van der Waals surface area contributed by atoms with Crippen LogP contribution in [0.4, 0.5) is 0 Å². The number of aromatic amines is 1. The third kappa shape index (κ3) is 4.38. The quantitative estimate of drug-likeness (QED) is 0.442. The number of rotatable bonds is 5. The van der Waals surface area contributed by atoms with Crippen molar-refractivity contribution in [3.8, 4) is 34.3 Å². The molecule has 5 rings (SSSR count). The molecule has 0 aliphatic carbocycles. The van der Waals surface area contributed by atoms with Crippen LogP contribution >= 0.6 is 0 Å². The van der Waals surface area contributed by atoms with E-state index in [2.05, 4.69) is 21.0 Å². The van der Waals surface area contributed by atoms with Crippen molar-refractivity contribution in [1.29, 1.82) is 5.26 Å². The molecule has 172 valence electrons. The van der Waals surface area contributed by atoms with E-state index in [4.69, 9.17) is 9.47 Å². The summed E-state index contributed by atoms with van der Waals surface area (Å²) < 4.78 is 11.5. The maximum absolute atomic E-state index is 10.2. The van der Waals surface area contributed by atoms with Crippen LogP contribution in [0.2, 0.25) is 0 Å². The van der Waals surface area contributed by atoms with Gasteiger partial charge in [-0.2, -0.15) is 5.26 Å². The first kappa shape index (κ1) is 22.1. The van der Waals surface area contributed by atoms with Gasteiger partial charge in [0, 0.05) is 29.5 Å². The van der Waals surface area contributed by atoms with E-state index in [1.54, 1.807) is 13.8 Å². The number of H-pyrrole nitrogens is 1. The number of aromatic nitrogens is 3. The highest BCUT2D eigenvalue weighted by molar-refractivity contribution is 5.94. The second-order valence-electron chi connectivity index (χ2n) is 9.06. The van der Waals surface area contributed by atoms with Gasteiger partial charge in [0.25, 0.3) is 0 Å². The number of aliphatic hydroxyl groups is 1. The van der Waals surface area contributed by atoms with Gasteiger partial charge in [0.05, 0.1) is 30.1 Å². The summed E-state index contributed by atoms with van der Waals surface area (Å²) in [7, 11) is 0. The Morgan fingerprint density at radius 3 is 2.50 bits per heavy atom. The van der Waals surface area contributed by atoms with Gasteiger partial charge >= 0.3 is 0 Å². The smallest absolute Gasteiger partial charge is 0.141 e. The van der Waals surface area contributed by atoms with E-state index in [0.717, 1.165) is 46.3 Å². The van der Waals surface area contributed by atoms with Crippen LogP contribution in [-0.2, 0) is 10.3 Å². The van der Waals surface area contributed by atoms with Gasteiger partial charge in [-0.3, -0.25) is 0 Å². The summed E-state index contributed by atoms with van der Waals surface area (Å²) >= 11 is 0. The topological polar surface area (TPSA) is 104 Å². The number of nitriles is 1. The first-order chi connectivity index (χ1) is 16.4. The molecule has 1 aliphatic rings. The molecule has 3 heterocycles. The molecule has 0 unspecified atom stereocenters. The number of fused-ring (bicyclic) bond motifs is 1. The minimum Gasteiger partial charge on any atom is -0.489 e. The molecule has 1 saturated heterocycles. The van der Waals surface area contributed by atoms with Crippen LogP contribution in [0.25, 0.3) is 33.5 Å². The SMILES string of the molecule is CC(C)(O)c1ccc(-c2cc3c(-c4ccc(OC5CCOCC5)c(C#N)c4)ncnc3[nH]2)cc1. The van der Waals surface area contributed by atoms with Gasteiger partial charge in [0.1, 0.15) is 29.9 Å². The molecule has 0 radical (unpaired) electrons. The third-order valence-electron chi connectivity index (χ3n) is 6.16. The number of nitrogens with zero attached hydrogens (tertiary/aromatic N) is 3. The number of hydrogen-bond acceptors (Lipinski definition) is 6. The van der Waals surface area contributed by atoms with E-state index in [9.17, 15) is 10.4 Å². The zero-order valence-electron chi connectivity index (χ0n) is 19.2. The van der Waals surface area contributed by atoms with Crippen LogP contribution in [0.15, 0.2) is 54.9 Å². The van der Waals surface area contributed by atoms with E-state index in [-0.39, 0.29) is 6.10 Å². The lowest BCUT2D eigenvalue weighted by Gasteiger charge is -2.23. The molecule has 1 fully saturated rings. The lowest BCUT2D eigenvalue weighted by molar-refractivity contribution is 0.0254. The van der Waals surface area contributed by atoms with Crippen LogP contribution in [0.5, 0.6) is 5.75 Å². The van der Waals surface area contributed by atoms with Gasteiger partial charge in [-0.15, -0.1) is 0 Å². The first-order valence-corrected chi connectivity index (χ1v) is 11.4. The Bertz CT molecular complexity index is 1360. The maximum Gasteiger partial charge on any atom is 0.141 e. The van der Waals surface area contributed by atoms with Crippen molar-refractivity contribution in [3.63, 3.8) is 0 Å². The molecule has 4 aromatic rings. The number of benzene rings is 2. The highest BCUT2D eigenvalue weighted by atomic mass is 16.5. The zero-order valence-corrected chi connectivity index (χ0v) is 19.2. The fourth-order valence-corrected chi connectivity index (χ4v) is 4.22. The lowest BCUT2D eigenvalue weighted by atomic mass is 9.97. The predicted molar refractivity (Wildman–Crippen MR) is 129 cm³/mol. The minimum absolute atomic E-state index is 0.0625. The molecule has 7 heteroatoms. The number of nitrogens with one attached hydrogen (secondary N) is 1. The summed E-state index contributed by atoms with van der Waals surface area (Å²) in [4.78, 5) is 12.3. The number of hydrogen-bond donors (Lipinski definition) is 2. The monoisotopic (exact) mass is 454 g/mol. The predicted octanol–water partition coefficient (Wildman–Crippen LogP) is 4.95. The maximum atomic E-state index is 10.2. The molecule has 2 aromatic heterocycles. The lowest BCUT2D eigenvalue weighted by Crippen LogP contribution is -2.26. The molecule has 2 N–H and O–H groups in total. The molecular formula is C27H26N4O3. The molecule has 0 bridgehead atoms. The summed E-state index contributed by atoms with van der Waals surface area (Å²) in [6.45, 7) is 4.89. The van der Waals surface area contributed by atoms with E-state index in [1.807, 2.05) is 48.5 Å². The van der Waals surface area contributed by atoms with Gasteiger partial charge in [0.2, 0.25) is 0 Å². The zero-order chi connectivity index (χ0) is 23.7. The Hall–Kier alpha value is -3.73. The Balaban J connectivity index is 1.48. The summed E-state index contributed by atoms with van der Waals surface area (Å²) in [6.07, 6.45) is 3.23. The summed E-state index contributed by atoms with van der Waals surface area (Å²) in [5.41, 5.74) is 4.60. The fraction of sp³-hybridized carbons (Fsp3) is 0.296. The average Bonchev–Trinajstić information content (AvgIpc) is 3.29. The highest BCUT2D eigenvalue weighted by Gasteiger charge is 2.19. The van der Waals surface area contributed by atoms with Gasteiger partial charge < -0.3 is 19.6 Å². The molecule has 7 nitrogen and oxygen atoms in total. The summed E-state index contributed by atoms with van der Waals surface area (Å²) in [5.74, 6) is 0.588. The molecule has 0 amide bonds. The second kappa shape index (κ2) is 8.90. The van der Waals surface area contributed by atoms with E-state index in [0.29, 0.717) is 30.2 Å². The molecule has 0 atom stereocenters. The van der Waals surface area contributed by atoms with Crippen molar-refractivity contribution in [1.82, 2.24) is 15.0 Å². The van der Waals surface area contributed by atoms with Crippen LogP contribution in [0.3, 0.4) is 0 Å². The summed E-state index contributed by atoms with van der Waals surface area (Å²) in [6, 6.07) is 17.7. The van der Waals surface area contributed by atoms with E-state index >= 15 is 0 Å². The summed E-state index contributed by atoms with van der Waals surface area (Å²) in [5, 5.41) is 20.8. The molecular weight excluding hydrogens is 428 g/mol. The van der Waals surface area contributed by atoms with Crippen molar-refractivity contribution in [2.75, 3.05) is 13.2 Å². The van der Waals surface area contributed by atoms with Crippen LogP contribution in [0.1, 0.15) is 37.8 Å². The molecule has 2 aromatic carbocycles. The van der Waals surface area contributed by atoms with Crippen molar-refractivity contribution in [2.24, 2.45) is 0 Å². The van der Waals surface area contributed by atoms with Crippen molar-refractivity contribution in [2.45, 2.75) is 38.4 Å². The molecule has 0 spiro atoms. The average molecular weight is 455 g/mol. The van der Waals surface area contributed by atoms with Gasteiger partial charge in [-0.05, 0) is 49.2 Å². The molecule has 0 saturated carbocycles. The van der Waals surface area contributed by atoms with E-state index in [1.165, 1.54) is 6.33 Å². The first-order valence-electron chi connectivity index (χ1n) is 11.4. The Kier molecular flexibility index (Phi) is 5.78. The normalized spacial score (nSPS) is 14.8. The largest absolute Gasteiger partial charge is 0.489 e. The van der Waals surface area contributed by atoms with Gasteiger partial charge in [-0.25, -0.2) is 9.97 Å². The van der Waals surface area contributed by atoms with Crippen molar-refractivity contribution < 1.29 is 14.6 Å². The Labute approximate surface area is 198 Å². The second-order valence-corrected chi connectivity index (χ2v) is 9.06. The Morgan fingerprint density at radius 1 is 1.06 bits per heavy atom. The fourth-order valence-electron chi connectivity index (χ4n) is 4.22. The number of ether oxygens (including phenoxy) is 2. The van der Waals surface area contributed by atoms with Crippen LogP contribution < -0.4 is 4.74 Å². The van der Waals surface area contributed by atoms with Crippen molar-refractivity contribution in [3.05, 3.63) is 66.0 Å². The molecule has 34 heavy (non-hydrogen) atoms. The standard InChI is InChI=1S/C27H26N4O3/c1-27(2,32)20-6-3-17(4-7-20)23-14-22-25(29-16-30-26(22)31-23)18-5-8-24(19(13-18)15-28)34-21-9-11-33-12-10-21/h3-8,13-14,16,21,32H,9-12H2,1-2H3,(H,29,30,31). The van der Waals surface area contributed by atoms with Crippen LogP contribution in [-0.4, -0.2) is 39.4 Å². The minimum atomic E-state index is -0.892.